The fraction of sp³-hybridized carbons (Fsp3) is 0.304. The Labute approximate surface area is 295 Å². The zero-order valence-corrected chi connectivity index (χ0v) is 29.6. The summed E-state index contributed by atoms with van der Waals surface area (Å²) in [6.07, 6.45) is 4.90. The molecule has 4 aliphatic rings. The summed E-state index contributed by atoms with van der Waals surface area (Å²) in [5.41, 5.74) is 16.2. The summed E-state index contributed by atoms with van der Waals surface area (Å²) in [6.45, 7) is 10.6. The molecule has 9 rings (SSSR count). The molecule has 0 unspecified atom stereocenters. The van der Waals surface area contributed by atoms with Gasteiger partial charge in [0.15, 0.2) is 0 Å². The van der Waals surface area contributed by atoms with E-state index in [0.29, 0.717) is 25.9 Å². The lowest BCUT2D eigenvalue weighted by atomic mass is 9.81. The topological polar surface area (TPSA) is 40.6 Å². The van der Waals surface area contributed by atoms with Gasteiger partial charge < -0.3 is 9.80 Å². The molecule has 2 fully saturated rings. The van der Waals surface area contributed by atoms with Gasteiger partial charge >= 0.3 is 0 Å². The van der Waals surface area contributed by atoms with Crippen molar-refractivity contribution in [1.82, 2.24) is 0 Å². The van der Waals surface area contributed by atoms with Crippen molar-refractivity contribution in [3.63, 3.8) is 0 Å². The van der Waals surface area contributed by atoms with E-state index < -0.39 is 0 Å². The average Bonchev–Trinajstić information content (AvgIpc) is 3.51. The Hall–Kier alpha value is -4.96. The molecule has 2 saturated heterocycles. The van der Waals surface area contributed by atoms with Crippen molar-refractivity contribution in [2.45, 2.75) is 77.0 Å². The van der Waals surface area contributed by atoms with Crippen LogP contribution >= 0.6 is 0 Å². The molecular weight excluding hydrogens is 613 g/mol. The van der Waals surface area contributed by atoms with Crippen molar-refractivity contribution in [3.05, 3.63) is 119 Å². The molecule has 0 atom stereocenters. The van der Waals surface area contributed by atoms with Gasteiger partial charge in [-0.3, -0.25) is 9.59 Å². The van der Waals surface area contributed by atoms with Crippen LogP contribution in [0.25, 0.3) is 44.5 Å². The lowest BCUT2D eigenvalue weighted by Crippen LogP contribution is -2.37. The highest BCUT2D eigenvalue weighted by Crippen LogP contribution is 2.53. The minimum atomic E-state index is -0.149. The Balaban J connectivity index is 1.28. The van der Waals surface area contributed by atoms with Gasteiger partial charge in [0.05, 0.1) is 11.4 Å². The van der Waals surface area contributed by atoms with Crippen molar-refractivity contribution >= 4 is 23.2 Å². The molecule has 4 heteroatoms. The number of anilines is 2. The number of fused-ring (bicyclic) bond motifs is 6. The van der Waals surface area contributed by atoms with E-state index >= 15 is 0 Å². The van der Waals surface area contributed by atoms with Gasteiger partial charge in [0, 0.05) is 47.9 Å². The van der Waals surface area contributed by atoms with Gasteiger partial charge in [-0.1, -0.05) is 100 Å². The summed E-state index contributed by atoms with van der Waals surface area (Å²) in [4.78, 5) is 31.5. The van der Waals surface area contributed by atoms with E-state index in [0.717, 1.165) is 59.3 Å². The summed E-state index contributed by atoms with van der Waals surface area (Å²) in [5.74, 6) is 0.342. The molecule has 250 valence electrons. The predicted molar refractivity (Wildman–Crippen MR) is 205 cm³/mol. The van der Waals surface area contributed by atoms with Gasteiger partial charge in [-0.25, -0.2) is 0 Å². The molecule has 0 saturated carbocycles. The molecule has 4 nitrogen and oxygen atoms in total. The van der Waals surface area contributed by atoms with Gasteiger partial charge in [0.2, 0.25) is 11.8 Å². The Kier molecular flexibility index (Phi) is 7.01. The highest BCUT2D eigenvalue weighted by Gasteiger charge is 2.38. The van der Waals surface area contributed by atoms with Crippen molar-refractivity contribution in [2.75, 3.05) is 22.9 Å². The van der Waals surface area contributed by atoms with Crippen LogP contribution in [0.3, 0.4) is 0 Å². The maximum Gasteiger partial charge on any atom is 0.226 e. The minimum absolute atomic E-state index is 0.149. The van der Waals surface area contributed by atoms with Gasteiger partial charge in [-0.05, 0) is 106 Å². The monoisotopic (exact) mass is 656 g/mol. The fourth-order valence-electron chi connectivity index (χ4n) is 9.35. The second kappa shape index (κ2) is 11.3. The van der Waals surface area contributed by atoms with Crippen LogP contribution in [-0.4, -0.2) is 24.9 Å². The number of rotatable bonds is 4. The third-order valence-corrected chi connectivity index (χ3v) is 12.1. The number of nitrogens with zero attached hydrogens (tertiary/aromatic N) is 2. The lowest BCUT2D eigenvalue weighted by molar-refractivity contribution is -0.120. The number of amides is 2. The molecule has 0 aromatic heterocycles. The largest absolute Gasteiger partial charge is 0.312 e. The highest BCUT2D eigenvalue weighted by molar-refractivity contribution is 6.05. The normalized spacial score (nSPS) is 18.5. The Morgan fingerprint density at radius 2 is 0.840 bits per heavy atom. The fourth-order valence-corrected chi connectivity index (χ4v) is 9.35. The molecule has 0 bridgehead atoms. The first-order valence-electron chi connectivity index (χ1n) is 18.4. The van der Waals surface area contributed by atoms with Crippen molar-refractivity contribution in [3.8, 4) is 44.5 Å². The van der Waals surface area contributed by atoms with Crippen molar-refractivity contribution < 1.29 is 9.59 Å². The van der Waals surface area contributed by atoms with E-state index in [1.165, 1.54) is 44.5 Å². The summed E-state index contributed by atoms with van der Waals surface area (Å²) < 4.78 is 0. The molecular formula is C46H44N2O2. The molecule has 50 heavy (non-hydrogen) atoms. The third-order valence-electron chi connectivity index (χ3n) is 12.1. The second-order valence-corrected chi connectivity index (χ2v) is 15.8. The van der Waals surface area contributed by atoms with Crippen LogP contribution in [0.15, 0.2) is 97.1 Å². The lowest BCUT2D eigenvalue weighted by Gasteiger charge is -2.34. The first kappa shape index (κ1) is 31.1. The number of carbonyl (C=O) groups excluding carboxylic acids is 2. The molecule has 0 radical (unpaired) electrons. The standard InChI is InChI=1S/C46H44N2O2/c1-45(2)37-15-7-5-13-31(37)33-21-19-29(25-39(33)45)35-27-42(48-24-12-10-18-44(48)50)36(28-41(35)47-23-11-9-17-43(47)49)30-20-22-34-32-14-6-8-16-38(32)46(3,4)40(34)26-30/h5-8,13-16,19-22,25-28H,9-12,17-18,23-24H2,1-4H3. The summed E-state index contributed by atoms with van der Waals surface area (Å²) in [7, 11) is 0. The molecule has 2 aliphatic heterocycles. The molecule has 0 spiro atoms. The van der Waals surface area contributed by atoms with E-state index in [1.54, 1.807) is 0 Å². The van der Waals surface area contributed by atoms with Crippen LogP contribution in [0.4, 0.5) is 11.4 Å². The molecule has 5 aromatic rings. The molecule has 2 aliphatic carbocycles. The summed E-state index contributed by atoms with van der Waals surface area (Å²) in [6, 6.07) is 35.6. The van der Waals surface area contributed by atoms with Gasteiger partial charge in [0.1, 0.15) is 0 Å². The SMILES string of the molecule is CC1(C)c2ccccc2-c2ccc(-c3cc(N4CCCCC4=O)c(-c4ccc5c(c4)C(C)(C)c4ccccc4-5)cc3N3CCCCC3=O)cc21. The van der Waals surface area contributed by atoms with E-state index in [-0.39, 0.29) is 22.6 Å². The second-order valence-electron chi connectivity index (χ2n) is 15.8. The Bertz CT molecular complexity index is 2080. The van der Waals surface area contributed by atoms with E-state index in [1.807, 2.05) is 9.80 Å². The maximum absolute atomic E-state index is 13.7. The van der Waals surface area contributed by atoms with Crippen LogP contribution in [0.5, 0.6) is 0 Å². The summed E-state index contributed by atoms with van der Waals surface area (Å²) in [5, 5.41) is 0. The zero-order chi connectivity index (χ0) is 34.4. The van der Waals surface area contributed by atoms with Crippen LogP contribution in [-0.2, 0) is 20.4 Å². The smallest absolute Gasteiger partial charge is 0.226 e. The van der Waals surface area contributed by atoms with E-state index in [9.17, 15) is 9.59 Å². The molecule has 2 amide bonds. The number of carbonyl (C=O) groups is 2. The maximum atomic E-state index is 13.7. The number of hydrogen-bond acceptors (Lipinski definition) is 2. The first-order chi connectivity index (χ1) is 24.1. The third kappa shape index (κ3) is 4.57. The summed E-state index contributed by atoms with van der Waals surface area (Å²) >= 11 is 0. The van der Waals surface area contributed by atoms with Crippen LogP contribution in [0.2, 0.25) is 0 Å². The molecule has 0 N–H and O–H groups in total. The zero-order valence-electron chi connectivity index (χ0n) is 29.6. The van der Waals surface area contributed by atoms with E-state index in [4.69, 9.17) is 0 Å². The highest BCUT2D eigenvalue weighted by atomic mass is 16.2. The Morgan fingerprint density at radius 1 is 0.440 bits per heavy atom. The molecule has 5 aromatic carbocycles. The minimum Gasteiger partial charge on any atom is -0.312 e. The van der Waals surface area contributed by atoms with Gasteiger partial charge in [0.25, 0.3) is 0 Å². The van der Waals surface area contributed by atoms with Crippen LogP contribution < -0.4 is 9.80 Å². The van der Waals surface area contributed by atoms with Gasteiger partial charge in [-0.2, -0.15) is 0 Å². The predicted octanol–water partition coefficient (Wildman–Crippen LogP) is 10.7. The molecule has 2 heterocycles. The Morgan fingerprint density at radius 3 is 1.26 bits per heavy atom. The van der Waals surface area contributed by atoms with Gasteiger partial charge in [-0.15, -0.1) is 0 Å². The van der Waals surface area contributed by atoms with Crippen molar-refractivity contribution in [2.24, 2.45) is 0 Å². The number of hydrogen-bond donors (Lipinski definition) is 0. The van der Waals surface area contributed by atoms with Crippen LogP contribution in [0, 0.1) is 0 Å². The average molecular weight is 657 g/mol. The number of benzene rings is 5. The van der Waals surface area contributed by atoms with E-state index in [2.05, 4.69) is 125 Å². The van der Waals surface area contributed by atoms with Crippen molar-refractivity contribution in [1.29, 1.82) is 0 Å². The first-order valence-corrected chi connectivity index (χ1v) is 18.4. The number of piperidine rings is 2. The quantitative estimate of drug-likeness (QED) is 0.193. The van der Waals surface area contributed by atoms with Crippen LogP contribution in [0.1, 0.15) is 88.5 Å².